The fourth-order valence-electron chi connectivity index (χ4n) is 3.37. The van der Waals surface area contributed by atoms with Gasteiger partial charge in [-0.05, 0) is 67.0 Å². The molecule has 154 valence electrons. The number of unbranched alkanes of at least 4 members (excludes halogenated alkanes) is 1. The summed E-state index contributed by atoms with van der Waals surface area (Å²) in [7, 11) is 0. The molecule has 4 nitrogen and oxygen atoms in total. The van der Waals surface area contributed by atoms with E-state index in [9.17, 15) is 4.79 Å². The third kappa shape index (κ3) is 7.48. The summed E-state index contributed by atoms with van der Waals surface area (Å²) in [4.78, 5) is 15.2. The highest BCUT2D eigenvalue weighted by atomic mass is 35.5. The van der Waals surface area contributed by atoms with E-state index < -0.39 is 0 Å². The van der Waals surface area contributed by atoms with Crippen molar-refractivity contribution in [3.8, 4) is 0 Å². The zero-order chi connectivity index (χ0) is 19.8. The molecule has 0 spiro atoms. The number of fused-ring (bicyclic) bond motifs is 1. The predicted octanol–water partition coefficient (Wildman–Crippen LogP) is 5.51. The molecule has 5 heteroatoms. The Kier molecular flexibility index (Phi) is 9.10. The first kappa shape index (κ1) is 22.9. The van der Waals surface area contributed by atoms with E-state index in [2.05, 4.69) is 58.9 Å². The second kappa shape index (κ2) is 11.5. The third-order valence-electron chi connectivity index (χ3n) is 4.99. The third-order valence-corrected chi connectivity index (χ3v) is 4.99. The molecular formula is C24H30ClN3O. The number of halogens is 1. The average molecular weight is 412 g/mol. The quantitative estimate of drug-likeness (QED) is 0.456. The minimum Gasteiger partial charge on any atom is -0.326 e. The summed E-state index contributed by atoms with van der Waals surface area (Å²) in [6.45, 7) is 4.68. The number of carbonyl (C=O) groups excluding carboxylic acids is 1. The highest BCUT2D eigenvalue weighted by molar-refractivity contribution is 5.88. The number of nitrogens with zero attached hydrogens (tertiary/aromatic N) is 1. The summed E-state index contributed by atoms with van der Waals surface area (Å²) in [5.41, 5.74) is 3.49. The lowest BCUT2D eigenvalue weighted by molar-refractivity contribution is -0.114. The molecule has 1 aromatic heterocycles. The number of pyridine rings is 1. The molecule has 2 aromatic carbocycles. The van der Waals surface area contributed by atoms with Crippen LogP contribution in [-0.2, 0) is 17.8 Å². The van der Waals surface area contributed by atoms with Crippen molar-refractivity contribution in [2.24, 2.45) is 0 Å². The van der Waals surface area contributed by atoms with Crippen LogP contribution in [0.5, 0.6) is 0 Å². The highest BCUT2D eigenvalue weighted by Gasteiger charge is 2.03. The molecule has 1 atom stereocenters. The smallest absolute Gasteiger partial charge is 0.221 e. The van der Waals surface area contributed by atoms with Gasteiger partial charge in [-0.3, -0.25) is 9.78 Å². The maximum Gasteiger partial charge on any atom is 0.221 e. The van der Waals surface area contributed by atoms with E-state index >= 15 is 0 Å². The first-order valence-corrected chi connectivity index (χ1v) is 10.0. The van der Waals surface area contributed by atoms with Crippen molar-refractivity contribution >= 4 is 34.8 Å². The molecule has 0 aliphatic rings. The van der Waals surface area contributed by atoms with Crippen LogP contribution in [0.3, 0.4) is 0 Å². The molecule has 2 N–H and O–H groups in total. The summed E-state index contributed by atoms with van der Waals surface area (Å²) in [5, 5.41) is 8.86. The standard InChI is InChI=1S/C24H29N3O.ClH/c1-18(26-16-21-7-10-23-17-25-14-13-22(23)15-21)5-3-4-6-20-8-11-24(12-9-20)27-19(2)28;/h7-15,17-18,26H,3-6,16H2,1-2H3,(H,27,28);1H/t18-;/m1./s1. The van der Waals surface area contributed by atoms with Crippen LogP contribution < -0.4 is 10.6 Å². The Morgan fingerprint density at radius 3 is 2.52 bits per heavy atom. The number of aryl methyl sites for hydroxylation is 1. The van der Waals surface area contributed by atoms with E-state index in [1.54, 1.807) is 0 Å². The summed E-state index contributed by atoms with van der Waals surface area (Å²) in [6.07, 6.45) is 8.37. The Morgan fingerprint density at radius 2 is 1.76 bits per heavy atom. The van der Waals surface area contributed by atoms with Crippen molar-refractivity contribution < 1.29 is 4.79 Å². The van der Waals surface area contributed by atoms with E-state index in [1.807, 2.05) is 24.5 Å². The van der Waals surface area contributed by atoms with Crippen molar-refractivity contribution in [2.45, 2.75) is 52.1 Å². The monoisotopic (exact) mass is 411 g/mol. The van der Waals surface area contributed by atoms with Crippen LogP contribution in [-0.4, -0.2) is 16.9 Å². The zero-order valence-electron chi connectivity index (χ0n) is 17.2. The topological polar surface area (TPSA) is 54.0 Å². The van der Waals surface area contributed by atoms with Gasteiger partial charge in [-0.15, -0.1) is 12.4 Å². The Hall–Kier alpha value is -2.43. The second-order valence-corrected chi connectivity index (χ2v) is 7.46. The van der Waals surface area contributed by atoms with Gasteiger partial charge in [0, 0.05) is 43.0 Å². The van der Waals surface area contributed by atoms with Crippen LogP contribution in [0.4, 0.5) is 5.69 Å². The fourth-order valence-corrected chi connectivity index (χ4v) is 3.37. The SMILES string of the molecule is CC(=O)Nc1ccc(CCCC[C@@H](C)NCc2ccc3cnccc3c2)cc1.Cl. The molecule has 0 fully saturated rings. The van der Waals surface area contributed by atoms with Crippen molar-refractivity contribution in [3.63, 3.8) is 0 Å². The Morgan fingerprint density at radius 1 is 1.00 bits per heavy atom. The van der Waals surface area contributed by atoms with Gasteiger partial charge in [0.05, 0.1) is 0 Å². The van der Waals surface area contributed by atoms with E-state index in [4.69, 9.17) is 0 Å². The van der Waals surface area contributed by atoms with Gasteiger partial charge in [-0.1, -0.05) is 30.7 Å². The number of hydrogen-bond donors (Lipinski definition) is 2. The van der Waals surface area contributed by atoms with Crippen LogP contribution in [0.1, 0.15) is 44.2 Å². The predicted molar refractivity (Wildman–Crippen MR) is 124 cm³/mol. The van der Waals surface area contributed by atoms with Crippen molar-refractivity contribution in [1.82, 2.24) is 10.3 Å². The molecule has 29 heavy (non-hydrogen) atoms. The van der Waals surface area contributed by atoms with Crippen molar-refractivity contribution in [2.75, 3.05) is 5.32 Å². The molecule has 0 saturated carbocycles. The first-order valence-electron chi connectivity index (χ1n) is 10.0. The van der Waals surface area contributed by atoms with Gasteiger partial charge in [0.15, 0.2) is 0 Å². The lowest BCUT2D eigenvalue weighted by Gasteiger charge is -2.14. The van der Waals surface area contributed by atoms with E-state index in [0.717, 1.165) is 18.7 Å². The molecule has 0 aliphatic heterocycles. The molecular weight excluding hydrogens is 382 g/mol. The van der Waals surface area contributed by atoms with Crippen molar-refractivity contribution in [1.29, 1.82) is 0 Å². The van der Waals surface area contributed by atoms with E-state index in [-0.39, 0.29) is 18.3 Å². The number of anilines is 1. The van der Waals surface area contributed by atoms with Gasteiger partial charge in [-0.25, -0.2) is 0 Å². The number of carbonyl (C=O) groups is 1. The number of nitrogens with one attached hydrogen (secondary N) is 2. The summed E-state index contributed by atoms with van der Waals surface area (Å²) in [6, 6.07) is 17.3. The number of aromatic nitrogens is 1. The fraction of sp³-hybridized carbons (Fsp3) is 0.333. The van der Waals surface area contributed by atoms with Crippen LogP contribution in [0, 0.1) is 0 Å². The Balaban J connectivity index is 0.00000300. The maximum atomic E-state index is 11.1. The molecule has 3 aromatic rings. The Labute approximate surface area is 179 Å². The van der Waals surface area contributed by atoms with Gasteiger partial charge < -0.3 is 10.6 Å². The second-order valence-electron chi connectivity index (χ2n) is 7.46. The number of benzene rings is 2. The van der Waals surface area contributed by atoms with E-state index in [1.165, 1.54) is 48.1 Å². The summed E-state index contributed by atoms with van der Waals surface area (Å²) >= 11 is 0. The first-order chi connectivity index (χ1) is 13.6. The van der Waals surface area contributed by atoms with Crippen LogP contribution >= 0.6 is 12.4 Å². The minimum absolute atomic E-state index is 0. The highest BCUT2D eigenvalue weighted by Crippen LogP contribution is 2.15. The molecule has 0 aliphatic carbocycles. The summed E-state index contributed by atoms with van der Waals surface area (Å²) in [5.74, 6) is -0.0325. The molecule has 3 rings (SSSR count). The van der Waals surface area contributed by atoms with Gasteiger partial charge in [-0.2, -0.15) is 0 Å². The average Bonchev–Trinajstić information content (AvgIpc) is 2.70. The van der Waals surface area contributed by atoms with Gasteiger partial charge in [0.2, 0.25) is 5.91 Å². The molecule has 0 unspecified atom stereocenters. The lowest BCUT2D eigenvalue weighted by Crippen LogP contribution is -2.25. The number of hydrogen-bond acceptors (Lipinski definition) is 3. The van der Waals surface area contributed by atoms with E-state index in [0.29, 0.717) is 6.04 Å². The number of amides is 1. The largest absolute Gasteiger partial charge is 0.326 e. The zero-order valence-corrected chi connectivity index (χ0v) is 18.0. The van der Waals surface area contributed by atoms with Gasteiger partial charge in [0.1, 0.15) is 0 Å². The molecule has 0 saturated heterocycles. The maximum absolute atomic E-state index is 11.1. The van der Waals surface area contributed by atoms with Gasteiger partial charge >= 0.3 is 0 Å². The molecule has 0 bridgehead atoms. The summed E-state index contributed by atoms with van der Waals surface area (Å²) < 4.78 is 0. The molecule has 1 amide bonds. The Bertz CT molecular complexity index is 911. The van der Waals surface area contributed by atoms with Crippen LogP contribution in [0.2, 0.25) is 0 Å². The van der Waals surface area contributed by atoms with Crippen LogP contribution in [0.25, 0.3) is 10.8 Å². The minimum atomic E-state index is -0.0325. The van der Waals surface area contributed by atoms with Gasteiger partial charge in [0.25, 0.3) is 0 Å². The molecule has 1 heterocycles. The number of rotatable bonds is 9. The normalized spacial score (nSPS) is 11.7. The molecule has 0 radical (unpaired) electrons. The van der Waals surface area contributed by atoms with Crippen LogP contribution in [0.15, 0.2) is 60.9 Å². The lowest BCUT2D eigenvalue weighted by atomic mass is 10.0. The van der Waals surface area contributed by atoms with Crippen molar-refractivity contribution in [3.05, 3.63) is 72.1 Å².